The second-order valence-corrected chi connectivity index (χ2v) is 4.90. The lowest BCUT2D eigenvalue weighted by Gasteiger charge is -2.14. The first-order valence-corrected chi connectivity index (χ1v) is 6.70. The predicted molar refractivity (Wildman–Crippen MR) is 74.6 cm³/mol. The minimum atomic E-state index is -0.447. The highest BCUT2D eigenvalue weighted by Crippen LogP contribution is 2.24. The van der Waals surface area contributed by atoms with Gasteiger partial charge in [-0.15, -0.1) is 0 Å². The van der Waals surface area contributed by atoms with E-state index in [1.165, 1.54) is 6.07 Å². The van der Waals surface area contributed by atoms with E-state index in [9.17, 15) is 4.39 Å². The van der Waals surface area contributed by atoms with Crippen molar-refractivity contribution in [2.45, 2.75) is 32.4 Å². The molecule has 0 aliphatic heterocycles. The van der Waals surface area contributed by atoms with E-state index in [2.05, 4.69) is 11.9 Å². The third-order valence-electron chi connectivity index (χ3n) is 3.05. The molecule has 0 aliphatic rings. The van der Waals surface area contributed by atoms with Crippen molar-refractivity contribution >= 4 is 11.6 Å². The van der Waals surface area contributed by atoms with Crippen molar-refractivity contribution in [3.8, 4) is 0 Å². The summed E-state index contributed by atoms with van der Waals surface area (Å²) in [6, 6.07) is 4.44. The Bertz CT molecular complexity index is 553. The van der Waals surface area contributed by atoms with Crippen LogP contribution in [-0.2, 0) is 13.0 Å². The Hall–Kier alpha value is -1.39. The summed E-state index contributed by atoms with van der Waals surface area (Å²) in [5, 5.41) is 0.102. The molecule has 0 spiro atoms. The summed E-state index contributed by atoms with van der Waals surface area (Å²) in [6.07, 6.45) is 5.17. The van der Waals surface area contributed by atoms with Crippen LogP contribution in [0.2, 0.25) is 5.02 Å². The number of aryl methyl sites for hydroxylation is 1. The van der Waals surface area contributed by atoms with Crippen LogP contribution in [0.15, 0.2) is 30.6 Å². The van der Waals surface area contributed by atoms with Crippen LogP contribution in [0.4, 0.5) is 4.39 Å². The van der Waals surface area contributed by atoms with Gasteiger partial charge in [-0.1, -0.05) is 30.7 Å². The normalized spacial score (nSPS) is 12.6. The highest BCUT2D eigenvalue weighted by molar-refractivity contribution is 6.30. The van der Waals surface area contributed by atoms with E-state index >= 15 is 0 Å². The number of halogens is 2. The number of aromatic nitrogens is 2. The zero-order valence-electron chi connectivity index (χ0n) is 10.8. The zero-order chi connectivity index (χ0) is 13.8. The SMILES string of the molecule is CCCn1ccnc1CC(N)c1cccc(Cl)c1F. The lowest BCUT2D eigenvalue weighted by atomic mass is 10.0. The minimum Gasteiger partial charge on any atom is -0.335 e. The molecule has 102 valence electrons. The maximum Gasteiger partial charge on any atom is 0.146 e. The Morgan fingerprint density at radius 3 is 3.00 bits per heavy atom. The third kappa shape index (κ3) is 3.14. The van der Waals surface area contributed by atoms with Gasteiger partial charge >= 0.3 is 0 Å². The molecule has 0 amide bonds. The van der Waals surface area contributed by atoms with Crippen molar-refractivity contribution in [1.29, 1.82) is 0 Å². The number of nitrogens with zero attached hydrogens (tertiary/aromatic N) is 2. The van der Waals surface area contributed by atoms with Crippen LogP contribution in [-0.4, -0.2) is 9.55 Å². The average Bonchev–Trinajstić information content (AvgIpc) is 2.80. The minimum absolute atomic E-state index is 0.102. The van der Waals surface area contributed by atoms with Crippen LogP contribution in [0.5, 0.6) is 0 Å². The Morgan fingerprint density at radius 2 is 2.26 bits per heavy atom. The van der Waals surface area contributed by atoms with Gasteiger partial charge < -0.3 is 10.3 Å². The molecule has 0 radical (unpaired) electrons. The molecular weight excluding hydrogens is 265 g/mol. The molecule has 0 saturated carbocycles. The van der Waals surface area contributed by atoms with Crippen LogP contribution in [0.25, 0.3) is 0 Å². The van der Waals surface area contributed by atoms with Gasteiger partial charge in [-0.2, -0.15) is 0 Å². The summed E-state index contributed by atoms with van der Waals surface area (Å²) in [5.74, 6) is 0.430. The van der Waals surface area contributed by atoms with Gasteiger partial charge in [-0.05, 0) is 12.5 Å². The van der Waals surface area contributed by atoms with Crippen molar-refractivity contribution in [1.82, 2.24) is 9.55 Å². The Balaban J connectivity index is 2.18. The molecule has 3 nitrogen and oxygen atoms in total. The van der Waals surface area contributed by atoms with E-state index in [-0.39, 0.29) is 5.02 Å². The zero-order valence-corrected chi connectivity index (χ0v) is 11.6. The van der Waals surface area contributed by atoms with Gasteiger partial charge in [-0.3, -0.25) is 0 Å². The molecule has 2 rings (SSSR count). The molecule has 5 heteroatoms. The third-order valence-corrected chi connectivity index (χ3v) is 3.34. The fourth-order valence-corrected chi connectivity index (χ4v) is 2.27. The molecule has 0 saturated heterocycles. The first kappa shape index (κ1) is 14.0. The van der Waals surface area contributed by atoms with Gasteiger partial charge in [0.05, 0.1) is 5.02 Å². The summed E-state index contributed by atoms with van der Waals surface area (Å²) in [6.45, 7) is 2.99. The summed E-state index contributed by atoms with van der Waals surface area (Å²) >= 11 is 5.77. The maximum absolute atomic E-state index is 13.9. The standard InChI is InChI=1S/C14H17ClFN3/c1-2-7-19-8-6-18-13(19)9-12(17)10-4-3-5-11(15)14(10)16/h3-6,8,12H,2,7,9,17H2,1H3. The molecule has 0 fully saturated rings. The van der Waals surface area contributed by atoms with Crippen molar-refractivity contribution in [3.63, 3.8) is 0 Å². The van der Waals surface area contributed by atoms with Gasteiger partial charge in [-0.25, -0.2) is 9.37 Å². The van der Waals surface area contributed by atoms with Gasteiger partial charge in [0.1, 0.15) is 11.6 Å². The molecule has 0 bridgehead atoms. The monoisotopic (exact) mass is 281 g/mol. The molecule has 1 heterocycles. The predicted octanol–water partition coefficient (Wildman–Crippen LogP) is 3.33. The van der Waals surface area contributed by atoms with Crippen molar-refractivity contribution in [3.05, 3.63) is 52.8 Å². The quantitative estimate of drug-likeness (QED) is 0.913. The van der Waals surface area contributed by atoms with Crippen LogP contribution < -0.4 is 5.73 Å². The summed E-state index contributed by atoms with van der Waals surface area (Å²) in [5.41, 5.74) is 6.50. The first-order chi connectivity index (χ1) is 9.13. The van der Waals surface area contributed by atoms with Crippen LogP contribution in [0.1, 0.15) is 30.8 Å². The van der Waals surface area contributed by atoms with E-state index in [4.69, 9.17) is 17.3 Å². The Morgan fingerprint density at radius 1 is 1.47 bits per heavy atom. The van der Waals surface area contributed by atoms with Crippen molar-refractivity contribution in [2.75, 3.05) is 0 Å². The molecule has 1 atom stereocenters. The van der Waals surface area contributed by atoms with E-state index in [0.29, 0.717) is 12.0 Å². The lowest BCUT2D eigenvalue weighted by molar-refractivity contribution is 0.558. The summed E-state index contributed by atoms with van der Waals surface area (Å²) in [7, 11) is 0. The highest BCUT2D eigenvalue weighted by Gasteiger charge is 2.16. The second-order valence-electron chi connectivity index (χ2n) is 4.49. The van der Waals surface area contributed by atoms with Crippen molar-refractivity contribution in [2.24, 2.45) is 5.73 Å². The average molecular weight is 282 g/mol. The van der Waals surface area contributed by atoms with Crippen LogP contribution >= 0.6 is 11.6 Å². The summed E-state index contributed by atoms with van der Waals surface area (Å²) in [4.78, 5) is 4.28. The Labute approximate surface area is 117 Å². The van der Waals surface area contributed by atoms with E-state index in [1.807, 2.05) is 10.8 Å². The Kier molecular flexibility index (Phi) is 4.56. The molecule has 19 heavy (non-hydrogen) atoms. The molecule has 1 aromatic carbocycles. The highest BCUT2D eigenvalue weighted by atomic mass is 35.5. The topological polar surface area (TPSA) is 43.8 Å². The molecule has 0 aliphatic carbocycles. The second kappa shape index (κ2) is 6.17. The summed E-state index contributed by atoms with van der Waals surface area (Å²) < 4.78 is 15.9. The van der Waals surface area contributed by atoms with Crippen molar-refractivity contribution < 1.29 is 4.39 Å². The maximum atomic E-state index is 13.9. The van der Waals surface area contributed by atoms with Crippen LogP contribution in [0.3, 0.4) is 0 Å². The molecular formula is C14H17ClFN3. The number of hydrogen-bond acceptors (Lipinski definition) is 2. The molecule has 2 N–H and O–H groups in total. The fourth-order valence-electron chi connectivity index (χ4n) is 2.09. The number of rotatable bonds is 5. The number of nitrogens with two attached hydrogens (primary N) is 1. The molecule has 2 aromatic rings. The van der Waals surface area contributed by atoms with E-state index < -0.39 is 11.9 Å². The largest absolute Gasteiger partial charge is 0.335 e. The number of imidazole rings is 1. The smallest absolute Gasteiger partial charge is 0.146 e. The van der Waals surface area contributed by atoms with Gasteiger partial charge in [0.25, 0.3) is 0 Å². The van der Waals surface area contributed by atoms with E-state index in [0.717, 1.165) is 18.8 Å². The number of benzene rings is 1. The van der Waals surface area contributed by atoms with Gasteiger partial charge in [0.2, 0.25) is 0 Å². The fraction of sp³-hybridized carbons (Fsp3) is 0.357. The lowest BCUT2D eigenvalue weighted by Crippen LogP contribution is -2.18. The molecule has 1 aromatic heterocycles. The van der Waals surface area contributed by atoms with Gasteiger partial charge in [0.15, 0.2) is 0 Å². The number of hydrogen-bond donors (Lipinski definition) is 1. The first-order valence-electron chi connectivity index (χ1n) is 6.33. The van der Waals surface area contributed by atoms with Gasteiger partial charge in [0, 0.05) is 37.0 Å². The van der Waals surface area contributed by atoms with E-state index in [1.54, 1.807) is 18.3 Å². The van der Waals surface area contributed by atoms with Crippen LogP contribution in [0, 0.1) is 5.82 Å². The molecule has 1 unspecified atom stereocenters.